The van der Waals surface area contributed by atoms with Crippen LogP contribution in [0.2, 0.25) is 10.0 Å². The number of nitriles is 1. The zero-order valence-electron chi connectivity index (χ0n) is 9.05. The molecule has 0 amide bonds. The molecule has 0 bridgehead atoms. The Labute approximate surface area is 105 Å². The SMILES string of the molecule is CC(=O)CC(C)(C#N)c1cc(Cl)cc(Cl)c1. The van der Waals surface area contributed by atoms with Crippen molar-refractivity contribution >= 4 is 29.0 Å². The van der Waals surface area contributed by atoms with Crippen molar-refractivity contribution in [3.05, 3.63) is 33.8 Å². The maximum absolute atomic E-state index is 11.1. The van der Waals surface area contributed by atoms with Gasteiger partial charge in [0.1, 0.15) is 5.78 Å². The van der Waals surface area contributed by atoms with Crippen LogP contribution in [0.25, 0.3) is 0 Å². The molecule has 0 heterocycles. The fourth-order valence-corrected chi connectivity index (χ4v) is 2.10. The van der Waals surface area contributed by atoms with E-state index in [4.69, 9.17) is 23.2 Å². The summed E-state index contributed by atoms with van der Waals surface area (Å²) in [4.78, 5) is 11.1. The predicted molar refractivity (Wildman–Crippen MR) is 64.7 cm³/mol. The lowest BCUT2D eigenvalue weighted by Crippen LogP contribution is -2.22. The van der Waals surface area contributed by atoms with Gasteiger partial charge in [-0.2, -0.15) is 5.26 Å². The molecule has 0 aliphatic carbocycles. The summed E-state index contributed by atoms with van der Waals surface area (Å²) in [6.07, 6.45) is 0.153. The molecule has 4 heteroatoms. The molecule has 0 N–H and O–H groups in total. The molecular formula is C12H11Cl2NO. The number of ketones is 1. The second kappa shape index (κ2) is 4.86. The van der Waals surface area contributed by atoms with Gasteiger partial charge in [0.05, 0.1) is 11.5 Å². The van der Waals surface area contributed by atoms with E-state index in [0.717, 1.165) is 0 Å². The summed E-state index contributed by atoms with van der Waals surface area (Å²) in [7, 11) is 0. The van der Waals surface area contributed by atoms with E-state index in [1.165, 1.54) is 6.92 Å². The van der Waals surface area contributed by atoms with Gasteiger partial charge < -0.3 is 0 Å². The van der Waals surface area contributed by atoms with Crippen molar-refractivity contribution in [1.82, 2.24) is 0 Å². The molecule has 0 saturated heterocycles. The zero-order chi connectivity index (χ0) is 12.3. The van der Waals surface area contributed by atoms with E-state index >= 15 is 0 Å². The number of carbonyl (C=O) groups is 1. The van der Waals surface area contributed by atoms with Crippen LogP contribution in [0.15, 0.2) is 18.2 Å². The highest BCUT2D eigenvalue weighted by atomic mass is 35.5. The van der Waals surface area contributed by atoms with Gasteiger partial charge in [-0.15, -0.1) is 0 Å². The van der Waals surface area contributed by atoms with Gasteiger partial charge in [-0.1, -0.05) is 23.2 Å². The molecule has 0 aliphatic heterocycles. The van der Waals surface area contributed by atoms with E-state index in [-0.39, 0.29) is 12.2 Å². The lowest BCUT2D eigenvalue weighted by atomic mass is 9.80. The van der Waals surface area contributed by atoms with E-state index < -0.39 is 5.41 Å². The Morgan fingerprint density at radius 1 is 1.38 bits per heavy atom. The largest absolute Gasteiger partial charge is 0.300 e. The van der Waals surface area contributed by atoms with Gasteiger partial charge in [-0.25, -0.2) is 0 Å². The molecule has 2 nitrogen and oxygen atoms in total. The van der Waals surface area contributed by atoms with Crippen LogP contribution in [0.1, 0.15) is 25.8 Å². The molecule has 1 unspecified atom stereocenters. The third kappa shape index (κ3) is 2.98. The van der Waals surface area contributed by atoms with Crippen molar-refractivity contribution in [2.24, 2.45) is 0 Å². The number of benzene rings is 1. The van der Waals surface area contributed by atoms with E-state index in [0.29, 0.717) is 15.6 Å². The summed E-state index contributed by atoms with van der Waals surface area (Å²) < 4.78 is 0. The first-order chi connectivity index (χ1) is 7.37. The number of Topliss-reactive ketones (excluding diaryl/α,β-unsaturated/α-hetero) is 1. The number of carbonyl (C=O) groups excluding carboxylic acids is 1. The number of hydrogen-bond acceptors (Lipinski definition) is 2. The summed E-state index contributed by atoms with van der Waals surface area (Å²) in [6.45, 7) is 3.16. The van der Waals surface area contributed by atoms with Crippen molar-refractivity contribution in [2.75, 3.05) is 0 Å². The van der Waals surface area contributed by atoms with Gasteiger partial charge in [-0.3, -0.25) is 4.79 Å². The first-order valence-electron chi connectivity index (χ1n) is 4.74. The first kappa shape index (κ1) is 13.0. The third-order valence-corrected chi connectivity index (χ3v) is 2.79. The summed E-state index contributed by atoms with van der Waals surface area (Å²) >= 11 is 11.7. The minimum atomic E-state index is -0.875. The summed E-state index contributed by atoms with van der Waals surface area (Å²) in [6, 6.07) is 7.07. The van der Waals surface area contributed by atoms with Gasteiger partial charge in [0, 0.05) is 16.5 Å². The third-order valence-electron chi connectivity index (χ3n) is 2.35. The van der Waals surface area contributed by atoms with Gasteiger partial charge in [0.25, 0.3) is 0 Å². The van der Waals surface area contributed by atoms with Crippen LogP contribution in [0.5, 0.6) is 0 Å². The monoisotopic (exact) mass is 255 g/mol. The molecule has 16 heavy (non-hydrogen) atoms. The highest BCUT2D eigenvalue weighted by Crippen LogP contribution is 2.31. The van der Waals surface area contributed by atoms with Crippen molar-refractivity contribution in [3.63, 3.8) is 0 Å². The Kier molecular flexibility index (Phi) is 3.96. The molecule has 1 rings (SSSR count). The molecule has 84 valence electrons. The van der Waals surface area contributed by atoms with Gasteiger partial charge >= 0.3 is 0 Å². The maximum atomic E-state index is 11.1. The van der Waals surface area contributed by atoms with Gasteiger partial charge in [0.15, 0.2) is 0 Å². The number of rotatable bonds is 3. The fourth-order valence-electron chi connectivity index (χ4n) is 1.58. The molecule has 1 atom stereocenters. The molecule has 0 spiro atoms. The molecule has 0 aliphatic rings. The Morgan fingerprint density at radius 2 is 1.88 bits per heavy atom. The Bertz CT molecular complexity index is 444. The maximum Gasteiger partial charge on any atom is 0.131 e. The number of nitrogens with zero attached hydrogens (tertiary/aromatic N) is 1. The summed E-state index contributed by atoms with van der Waals surface area (Å²) in [5.41, 5.74) is -0.205. The van der Waals surface area contributed by atoms with Crippen molar-refractivity contribution in [2.45, 2.75) is 25.7 Å². The number of halogens is 2. The number of hydrogen-bond donors (Lipinski definition) is 0. The summed E-state index contributed by atoms with van der Waals surface area (Å²) in [5, 5.41) is 10.1. The lowest BCUT2D eigenvalue weighted by Gasteiger charge is -2.21. The molecule has 0 saturated carbocycles. The molecule has 1 aromatic carbocycles. The topological polar surface area (TPSA) is 40.9 Å². The summed E-state index contributed by atoms with van der Waals surface area (Å²) in [5.74, 6) is -0.0415. The molecule has 1 aromatic rings. The van der Waals surface area contributed by atoms with E-state index in [2.05, 4.69) is 6.07 Å². The lowest BCUT2D eigenvalue weighted by molar-refractivity contribution is -0.117. The molecule has 0 radical (unpaired) electrons. The van der Waals surface area contributed by atoms with Crippen LogP contribution < -0.4 is 0 Å². The smallest absolute Gasteiger partial charge is 0.131 e. The zero-order valence-corrected chi connectivity index (χ0v) is 10.6. The molecule has 0 fully saturated rings. The molecular weight excluding hydrogens is 245 g/mol. The minimum Gasteiger partial charge on any atom is -0.300 e. The van der Waals surface area contributed by atoms with Crippen molar-refractivity contribution in [3.8, 4) is 6.07 Å². The average Bonchev–Trinajstić information content (AvgIpc) is 2.15. The highest BCUT2D eigenvalue weighted by Gasteiger charge is 2.28. The molecule has 0 aromatic heterocycles. The Morgan fingerprint density at radius 3 is 2.25 bits per heavy atom. The minimum absolute atomic E-state index is 0.0415. The van der Waals surface area contributed by atoms with Crippen LogP contribution in [-0.4, -0.2) is 5.78 Å². The second-order valence-corrected chi connectivity index (χ2v) is 4.85. The first-order valence-corrected chi connectivity index (χ1v) is 5.50. The van der Waals surface area contributed by atoms with Crippen LogP contribution in [0.3, 0.4) is 0 Å². The second-order valence-electron chi connectivity index (χ2n) is 3.98. The quantitative estimate of drug-likeness (QED) is 0.826. The van der Waals surface area contributed by atoms with Gasteiger partial charge in [0.2, 0.25) is 0 Å². The predicted octanol–water partition coefficient (Wildman–Crippen LogP) is 3.75. The Hall–Kier alpha value is -1.04. The van der Waals surface area contributed by atoms with Crippen LogP contribution >= 0.6 is 23.2 Å². The van der Waals surface area contributed by atoms with E-state index in [9.17, 15) is 10.1 Å². The average molecular weight is 256 g/mol. The highest BCUT2D eigenvalue weighted by molar-refractivity contribution is 6.34. The van der Waals surface area contributed by atoms with E-state index in [1.807, 2.05) is 0 Å². The van der Waals surface area contributed by atoms with Crippen LogP contribution in [0.4, 0.5) is 0 Å². The van der Waals surface area contributed by atoms with Crippen LogP contribution in [-0.2, 0) is 10.2 Å². The fraction of sp³-hybridized carbons (Fsp3) is 0.333. The van der Waals surface area contributed by atoms with Gasteiger partial charge in [-0.05, 0) is 37.6 Å². The standard InChI is InChI=1S/C12H11Cl2NO/c1-8(16)6-12(2,7-15)9-3-10(13)5-11(14)4-9/h3-5H,6H2,1-2H3. The van der Waals surface area contributed by atoms with Crippen LogP contribution in [0, 0.1) is 11.3 Å². The Balaban J connectivity index is 3.23. The van der Waals surface area contributed by atoms with E-state index in [1.54, 1.807) is 25.1 Å². The van der Waals surface area contributed by atoms with Crippen molar-refractivity contribution < 1.29 is 4.79 Å². The van der Waals surface area contributed by atoms with Crippen molar-refractivity contribution in [1.29, 1.82) is 5.26 Å². The normalized spacial score (nSPS) is 13.9.